The molecule has 0 N–H and O–H groups in total. The summed E-state index contributed by atoms with van der Waals surface area (Å²) in [5.74, 6) is -0.413. The molecule has 1 aliphatic rings. The topological polar surface area (TPSA) is 59.0 Å². The van der Waals surface area contributed by atoms with E-state index in [9.17, 15) is 14.0 Å². The van der Waals surface area contributed by atoms with Crippen molar-refractivity contribution in [3.8, 4) is 5.75 Å². The van der Waals surface area contributed by atoms with Gasteiger partial charge in [0.1, 0.15) is 18.2 Å². The molecule has 2 amide bonds. The average Bonchev–Trinajstić information content (AvgIpc) is 2.97. The van der Waals surface area contributed by atoms with Crippen LogP contribution in [0.1, 0.15) is 43.0 Å². The van der Waals surface area contributed by atoms with Gasteiger partial charge in [-0.3, -0.25) is 9.59 Å². The minimum Gasteiger partial charge on any atom is -0.488 e. The SMILES string of the molecule is Cc1cc(/C=N\N2C(=O)c3ccccc3C2=O)cc(C)c1OCc1ccc(F)cc1. The lowest BCUT2D eigenvalue weighted by Crippen LogP contribution is -2.24. The molecule has 30 heavy (non-hydrogen) atoms. The van der Waals surface area contributed by atoms with Crippen molar-refractivity contribution in [2.24, 2.45) is 5.10 Å². The van der Waals surface area contributed by atoms with Crippen molar-refractivity contribution in [1.82, 2.24) is 5.01 Å². The van der Waals surface area contributed by atoms with E-state index in [2.05, 4.69) is 5.10 Å². The molecule has 3 aromatic carbocycles. The Kier molecular flexibility index (Phi) is 5.14. The summed E-state index contributed by atoms with van der Waals surface area (Å²) in [6.07, 6.45) is 1.49. The second-order valence-electron chi connectivity index (χ2n) is 7.11. The lowest BCUT2D eigenvalue weighted by molar-refractivity contribution is 0.0660. The molecule has 3 aromatic rings. The normalized spacial score (nSPS) is 13.2. The van der Waals surface area contributed by atoms with E-state index in [1.54, 1.807) is 36.4 Å². The molecule has 0 aliphatic carbocycles. The molecule has 0 aromatic heterocycles. The number of nitrogens with zero attached hydrogens (tertiary/aromatic N) is 2. The molecular formula is C24H19FN2O3. The third-order valence-electron chi connectivity index (χ3n) is 4.87. The fourth-order valence-corrected chi connectivity index (χ4v) is 3.43. The molecule has 1 aliphatic heterocycles. The van der Waals surface area contributed by atoms with Crippen molar-refractivity contribution in [2.45, 2.75) is 20.5 Å². The van der Waals surface area contributed by atoms with Gasteiger partial charge in [0.25, 0.3) is 11.8 Å². The van der Waals surface area contributed by atoms with E-state index in [1.165, 1.54) is 18.3 Å². The zero-order valence-corrected chi connectivity index (χ0v) is 16.6. The Labute approximate surface area is 173 Å². The van der Waals surface area contributed by atoms with Crippen LogP contribution in [0.3, 0.4) is 0 Å². The van der Waals surface area contributed by atoms with Crippen molar-refractivity contribution in [3.05, 3.63) is 99.9 Å². The number of carbonyl (C=O) groups is 2. The second kappa shape index (κ2) is 7.91. The summed E-state index contributed by atoms with van der Waals surface area (Å²) in [4.78, 5) is 24.8. The number of carbonyl (C=O) groups excluding carboxylic acids is 2. The highest BCUT2D eigenvalue weighted by atomic mass is 19.1. The summed E-state index contributed by atoms with van der Waals surface area (Å²) >= 11 is 0. The predicted octanol–water partition coefficient (Wildman–Crippen LogP) is 4.65. The van der Waals surface area contributed by atoms with Gasteiger partial charge in [-0.1, -0.05) is 24.3 Å². The first-order chi connectivity index (χ1) is 14.4. The highest BCUT2D eigenvalue weighted by Crippen LogP contribution is 2.26. The molecule has 0 saturated carbocycles. The van der Waals surface area contributed by atoms with Gasteiger partial charge in [-0.15, -0.1) is 0 Å². The maximum Gasteiger partial charge on any atom is 0.282 e. The van der Waals surface area contributed by atoms with Crippen LogP contribution < -0.4 is 4.74 Å². The van der Waals surface area contributed by atoms with Crippen LogP contribution in [0.4, 0.5) is 4.39 Å². The van der Waals surface area contributed by atoms with Gasteiger partial charge in [-0.05, 0) is 72.5 Å². The van der Waals surface area contributed by atoms with Gasteiger partial charge in [-0.2, -0.15) is 10.1 Å². The molecule has 0 unspecified atom stereocenters. The summed E-state index contributed by atoms with van der Waals surface area (Å²) < 4.78 is 19.0. The molecule has 0 saturated heterocycles. The number of hydrogen-bond acceptors (Lipinski definition) is 4. The summed E-state index contributed by atoms with van der Waals surface area (Å²) in [7, 11) is 0. The maximum atomic E-state index is 13.0. The summed E-state index contributed by atoms with van der Waals surface area (Å²) in [6.45, 7) is 4.14. The molecular weight excluding hydrogens is 383 g/mol. The number of imide groups is 1. The molecule has 4 rings (SSSR count). The second-order valence-corrected chi connectivity index (χ2v) is 7.11. The fraction of sp³-hybridized carbons (Fsp3) is 0.125. The number of hydrazone groups is 1. The van der Waals surface area contributed by atoms with E-state index in [0.717, 1.165) is 33.0 Å². The van der Waals surface area contributed by atoms with Crippen molar-refractivity contribution < 1.29 is 18.7 Å². The average molecular weight is 402 g/mol. The molecule has 1 heterocycles. The Morgan fingerprint density at radius 1 is 0.933 bits per heavy atom. The Balaban J connectivity index is 1.50. The molecule has 0 fully saturated rings. The van der Waals surface area contributed by atoms with Gasteiger partial charge in [0.2, 0.25) is 0 Å². The molecule has 0 atom stereocenters. The number of hydrogen-bond donors (Lipinski definition) is 0. The highest BCUT2D eigenvalue weighted by molar-refractivity contribution is 6.21. The zero-order valence-electron chi connectivity index (χ0n) is 16.6. The lowest BCUT2D eigenvalue weighted by Gasteiger charge is -2.13. The maximum absolute atomic E-state index is 13.0. The summed E-state index contributed by atoms with van der Waals surface area (Å²) in [6, 6.07) is 16.6. The van der Waals surface area contributed by atoms with E-state index >= 15 is 0 Å². The minimum atomic E-state index is -0.431. The van der Waals surface area contributed by atoms with Crippen LogP contribution in [-0.4, -0.2) is 23.0 Å². The fourth-order valence-electron chi connectivity index (χ4n) is 3.43. The van der Waals surface area contributed by atoms with Crippen LogP contribution >= 0.6 is 0 Å². The highest BCUT2D eigenvalue weighted by Gasteiger charge is 2.35. The third kappa shape index (κ3) is 3.72. The number of rotatable bonds is 5. The molecule has 5 nitrogen and oxygen atoms in total. The van der Waals surface area contributed by atoms with E-state index in [0.29, 0.717) is 17.7 Å². The summed E-state index contributed by atoms with van der Waals surface area (Å²) in [5, 5.41) is 5.00. The number of halogens is 1. The quantitative estimate of drug-likeness (QED) is 0.461. The number of benzene rings is 3. The summed E-state index contributed by atoms with van der Waals surface area (Å²) in [5.41, 5.74) is 4.11. The smallest absolute Gasteiger partial charge is 0.282 e. The standard InChI is InChI=1S/C24H19FN2O3/c1-15-11-18(12-16(2)22(15)30-14-17-7-9-19(25)10-8-17)13-26-27-23(28)20-5-3-4-6-21(20)24(27)29/h3-13H,14H2,1-2H3/b26-13-. The molecule has 0 spiro atoms. The molecule has 6 heteroatoms. The van der Waals surface area contributed by atoms with Crippen molar-refractivity contribution in [1.29, 1.82) is 0 Å². The van der Waals surface area contributed by atoms with Gasteiger partial charge in [0.15, 0.2) is 0 Å². The Bertz CT molecular complexity index is 1110. The lowest BCUT2D eigenvalue weighted by atomic mass is 10.1. The minimum absolute atomic E-state index is 0.284. The van der Waals surface area contributed by atoms with Gasteiger partial charge >= 0.3 is 0 Å². The molecule has 150 valence electrons. The third-order valence-corrected chi connectivity index (χ3v) is 4.87. The van der Waals surface area contributed by atoms with E-state index < -0.39 is 11.8 Å². The van der Waals surface area contributed by atoms with Gasteiger partial charge in [-0.25, -0.2) is 4.39 Å². The number of amides is 2. The van der Waals surface area contributed by atoms with Crippen LogP contribution in [0.15, 0.2) is 65.8 Å². The first kappa shape index (κ1) is 19.5. The Morgan fingerprint density at radius 3 is 2.07 bits per heavy atom. The molecule has 0 bridgehead atoms. The predicted molar refractivity (Wildman–Crippen MR) is 111 cm³/mol. The van der Waals surface area contributed by atoms with E-state index in [1.807, 2.05) is 26.0 Å². The van der Waals surface area contributed by atoms with Gasteiger partial charge < -0.3 is 4.74 Å². The van der Waals surface area contributed by atoms with E-state index in [4.69, 9.17) is 4.74 Å². The monoisotopic (exact) mass is 402 g/mol. The number of ether oxygens (including phenoxy) is 1. The van der Waals surface area contributed by atoms with Crippen molar-refractivity contribution >= 4 is 18.0 Å². The van der Waals surface area contributed by atoms with Crippen molar-refractivity contribution in [3.63, 3.8) is 0 Å². The van der Waals surface area contributed by atoms with Gasteiger partial charge in [0.05, 0.1) is 17.3 Å². The Morgan fingerprint density at radius 2 is 1.50 bits per heavy atom. The number of fused-ring (bicyclic) bond motifs is 1. The van der Waals surface area contributed by atoms with Crippen LogP contribution in [0.2, 0.25) is 0 Å². The number of aryl methyl sites for hydroxylation is 2. The molecule has 0 radical (unpaired) electrons. The van der Waals surface area contributed by atoms with Crippen LogP contribution in [0.25, 0.3) is 0 Å². The first-order valence-corrected chi connectivity index (χ1v) is 9.44. The zero-order chi connectivity index (χ0) is 21.3. The van der Waals surface area contributed by atoms with Crippen LogP contribution in [-0.2, 0) is 6.61 Å². The largest absolute Gasteiger partial charge is 0.488 e. The Hall–Kier alpha value is -3.80. The van der Waals surface area contributed by atoms with Crippen molar-refractivity contribution in [2.75, 3.05) is 0 Å². The van der Waals surface area contributed by atoms with Crippen LogP contribution in [0.5, 0.6) is 5.75 Å². The van der Waals surface area contributed by atoms with Crippen LogP contribution in [0, 0.1) is 19.7 Å². The van der Waals surface area contributed by atoms with E-state index in [-0.39, 0.29) is 5.82 Å². The first-order valence-electron chi connectivity index (χ1n) is 9.44. The van der Waals surface area contributed by atoms with Gasteiger partial charge in [0, 0.05) is 0 Å².